The molecule has 1 aromatic heterocycles. The summed E-state index contributed by atoms with van der Waals surface area (Å²) >= 11 is 0. The van der Waals surface area contributed by atoms with E-state index >= 15 is 0 Å². The van der Waals surface area contributed by atoms with Gasteiger partial charge in [-0.3, -0.25) is 14.3 Å². The Morgan fingerprint density at radius 1 is 1.39 bits per heavy atom. The zero-order valence-electron chi connectivity index (χ0n) is 10.8. The fourth-order valence-electron chi connectivity index (χ4n) is 1.57. The lowest BCUT2D eigenvalue weighted by atomic mass is 10.2. The molecule has 1 heterocycles. The molecule has 2 N–H and O–H groups in total. The van der Waals surface area contributed by atoms with Gasteiger partial charge >= 0.3 is 5.69 Å². The van der Waals surface area contributed by atoms with Crippen molar-refractivity contribution in [1.29, 1.82) is 0 Å². The number of nitrogens with one attached hydrogen (secondary N) is 2. The third-order valence-electron chi connectivity index (χ3n) is 2.52. The van der Waals surface area contributed by atoms with Crippen molar-refractivity contribution in [1.82, 2.24) is 14.9 Å². The summed E-state index contributed by atoms with van der Waals surface area (Å²) in [7, 11) is 0. The molecule has 1 rings (SSSR count). The fraction of sp³-hybridized carbons (Fsp3) is 0.667. The van der Waals surface area contributed by atoms with E-state index in [1.54, 1.807) is 0 Å². The molecule has 0 saturated heterocycles. The number of nitrogens with zero attached hydrogens (tertiary/aromatic N) is 1. The lowest BCUT2D eigenvalue weighted by Crippen LogP contribution is -2.31. The van der Waals surface area contributed by atoms with E-state index in [-0.39, 0.29) is 0 Å². The molecule has 0 aliphatic heterocycles. The van der Waals surface area contributed by atoms with Gasteiger partial charge in [-0.05, 0) is 31.8 Å². The second-order valence-electron chi connectivity index (χ2n) is 4.73. The van der Waals surface area contributed by atoms with Crippen LogP contribution in [0, 0.1) is 11.7 Å². The highest BCUT2D eigenvalue weighted by molar-refractivity contribution is 4.86. The summed E-state index contributed by atoms with van der Waals surface area (Å²) < 4.78 is 14.2. The van der Waals surface area contributed by atoms with E-state index in [0.29, 0.717) is 12.5 Å². The SMILES string of the molecule is CC(C)CNCCCCn1cc(F)c(=O)[nH]c1=O. The molecule has 0 amide bonds. The van der Waals surface area contributed by atoms with Crippen LogP contribution in [-0.2, 0) is 6.54 Å². The number of halogens is 1. The Labute approximate surface area is 105 Å². The zero-order valence-corrected chi connectivity index (χ0v) is 10.8. The molecular formula is C12H20FN3O2. The second kappa shape index (κ2) is 7.10. The van der Waals surface area contributed by atoms with Crippen molar-refractivity contribution in [2.75, 3.05) is 13.1 Å². The van der Waals surface area contributed by atoms with Crippen LogP contribution in [0.25, 0.3) is 0 Å². The van der Waals surface area contributed by atoms with Gasteiger partial charge in [0.25, 0.3) is 5.56 Å². The van der Waals surface area contributed by atoms with Gasteiger partial charge in [-0.15, -0.1) is 0 Å². The van der Waals surface area contributed by atoms with E-state index in [1.807, 2.05) is 4.98 Å². The minimum Gasteiger partial charge on any atom is -0.316 e. The van der Waals surface area contributed by atoms with Crippen LogP contribution in [-0.4, -0.2) is 22.6 Å². The van der Waals surface area contributed by atoms with Gasteiger partial charge in [0.15, 0.2) is 0 Å². The summed E-state index contributed by atoms with van der Waals surface area (Å²) in [6.07, 6.45) is 2.62. The normalized spacial score (nSPS) is 11.1. The average Bonchev–Trinajstić information content (AvgIpc) is 2.29. The Balaban J connectivity index is 2.34. The Bertz CT molecular complexity index is 479. The van der Waals surface area contributed by atoms with Crippen molar-refractivity contribution >= 4 is 0 Å². The molecule has 0 aromatic carbocycles. The van der Waals surface area contributed by atoms with E-state index in [0.717, 1.165) is 32.1 Å². The summed E-state index contributed by atoms with van der Waals surface area (Å²) in [5, 5.41) is 3.29. The number of hydrogen-bond donors (Lipinski definition) is 2. The molecule has 0 aliphatic carbocycles. The number of aryl methyl sites for hydroxylation is 1. The van der Waals surface area contributed by atoms with Crippen molar-refractivity contribution in [3.05, 3.63) is 32.9 Å². The Kier molecular flexibility index (Phi) is 5.77. The summed E-state index contributed by atoms with van der Waals surface area (Å²) in [5.41, 5.74) is -1.52. The molecule has 0 saturated carbocycles. The van der Waals surface area contributed by atoms with Crippen LogP contribution in [0.5, 0.6) is 0 Å². The zero-order chi connectivity index (χ0) is 13.5. The van der Waals surface area contributed by atoms with E-state index in [2.05, 4.69) is 19.2 Å². The summed E-state index contributed by atoms with van der Waals surface area (Å²) in [4.78, 5) is 24.1. The maximum Gasteiger partial charge on any atom is 0.328 e. The molecule has 6 heteroatoms. The van der Waals surface area contributed by atoms with Gasteiger partial charge in [0.1, 0.15) is 0 Å². The van der Waals surface area contributed by atoms with Gasteiger partial charge in [-0.1, -0.05) is 13.8 Å². The fourth-order valence-corrected chi connectivity index (χ4v) is 1.57. The largest absolute Gasteiger partial charge is 0.328 e. The van der Waals surface area contributed by atoms with Crippen LogP contribution in [0.2, 0.25) is 0 Å². The molecule has 0 radical (unpaired) electrons. The quantitative estimate of drug-likeness (QED) is 0.707. The third-order valence-corrected chi connectivity index (χ3v) is 2.52. The molecule has 102 valence electrons. The van der Waals surface area contributed by atoms with E-state index < -0.39 is 17.1 Å². The van der Waals surface area contributed by atoms with Crippen molar-refractivity contribution in [2.45, 2.75) is 33.2 Å². The number of unbranched alkanes of at least 4 members (excludes halogenated alkanes) is 1. The van der Waals surface area contributed by atoms with Gasteiger partial charge in [0.2, 0.25) is 5.82 Å². The maximum atomic E-state index is 13.0. The summed E-state index contributed by atoms with van der Waals surface area (Å²) in [6.45, 7) is 6.52. The molecule has 5 nitrogen and oxygen atoms in total. The van der Waals surface area contributed by atoms with Crippen LogP contribution in [0.15, 0.2) is 15.8 Å². The molecule has 18 heavy (non-hydrogen) atoms. The standard InChI is InChI=1S/C12H20FN3O2/c1-9(2)7-14-5-3-4-6-16-8-10(13)11(17)15-12(16)18/h8-9,14H,3-7H2,1-2H3,(H,15,17,18). The summed E-state index contributed by atoms with van der Waals surface area (Å²) in [5.74, 6) is -0.312. The molecule has 0 fully saturated rings. The topological polar surface area (TPSA) is 66.9 Å². The van der Waals surface area contributed by atoms with Crippen LogP contribution in [0.3, 0.4) is 0 Å². The molecule has 0 unspecified atom stereocenters. The van der Waals surface area contributed by atoms with E-state index in [4.69, 9.17) is 0 Å². The van der Waals surface area contributed by atoms with Crippen molar-refractivity contribution in [3.8, 4) is 0 Å². The van der Waals surface area contributed by atoms with Gasteiger partial charge < -0.3 is 5.32 Å². The minimum absolute atomic E-state index is 0.413. The smallest absolute Gasteiger partial charge is 0.316 e. The number of aromatic amines is 1. The van der Waals surface area contributed by atoms with E-state index in [1.165, 1.54) is 4.57 Å². The average molecular weight is 257 g/mol. The molecule has 0 bridgehead atoms. The first kappa shape index (κ1) is 14.6. The maximum absolute atomic E-state index is 13.0. The second-order valence-corrected chi connectivity index (χ2v) is 4.73. The number of aromatic nitrogens is 2. The molecule has 0 atom stereocenters. The van der Waals surface area contributed by atoms with Crippen LogP contribution in [0.4, 0.5) is 4.39 Å². The summed E-state index contributed by atoms with van der Waals surface area (Å²) in [6, 6.07) is 0. The minimum atomic E-state index is -0.963. The molecule has 0 aliphatic rings. The third kappa shape index (κ3) is 4.83. The van der Waals surface area contributed by atoms with Gasteiger partial charge in [0.05, 0.1) is 6.20 Å². The monoisotopic (exact) mass is 257 g/mol. The molecule has 1 aromatic rings. The number of rotatable bonds is 7. The first-order chi connectivity index (χ1) is 8.50. The van der Waals surface area contributed by atoms with Crippen LogP contribution >= 0.6 is 0 Å². The van der Waals surface area contributed by atoms with E-state index in [9.17, 15) is 14.0 Å². The Morgan fingerprint density at radius 3 is 2.78 bits per heavy atom. The highest BCUT2D eigenvalue weighted by Gasteiger charge is 2.03. The molecule has 0 spiro atoms. The lowest BCUT2D eigenvalue weighted by Gasteiger charge is -2.08. The predicted molar refractivity (Wildman–Crippen MR) is 68.2 cm³/mol. The van der Waals surface area contributed by atoms with Crippen LogP contribution < -0.4 is 16.6 Å². The Hall–Kier alpha value is -1.43. The van der Waals surface area contributed by atoms with Gasteiger partial charge in [-0.2, -0.15) is 4.39 Å². The number of hydrogen-bond acceptors (Lipinski definition) is 3. The number of H-pyrrole nitrogens is 1. The molecular weight excluding hydrogens is 237 g/mol. The van der Waals surface area contributed by atoms with Crippen LogP contribution in [0.1, 0.15) is 26.7 Å². The Morgan fingerprint density at radius 2 is 2.11 bits per heavy atom. The predicted octanol–water partition coefficient (Wildman–Crippen LogP) is 0.702. The van der Waals surface area contributed by atoms with Crippen molar-refractivity contribution in [2.24, 2.45) is 5.92 Å². The highest BCUT2D eigenvalue weighted by atomic mass is 19.1. The van der Waals surface area contributed by atoms with Crippen molar-refractivity contribution in [3.63, 3.8) is 0 Å². The first-order valence-corrected chi connectivity index (χ1v) is 6.20. The first-order valence-electron chi connectivity index (χ1n) is 6.20. The highest BCUT2D eigenvalue weighted by Crippen LogP contribution is 1.93. The van der Waals surface area contributed by atoms with Gasteiger partial charge in [0, 0.05) is 6.54 Å². The lowest BCUT2D eigenvalue weighted by molar-refractivity contribution is 0.501. The van der Waals surface area contributed by atoms with Crippen molar-refractivity contribution < 1.29 is 4.39 Å². The van der Waals surface area contributed by atoms with Gasteiger partial charge in [-0.25, -0.2) is 4.79 Å².